The number of benzene rings is 1. The average molecular weight is 377 g/mol. The van der Waals surface area contributed by atoms with E-state index in [9.17, 15) is 9.59 Å². The lowest BCUT2D eigenvalue weighted by atomic mass is 10.1. The molecule has 1 aromatic heterocycles. The molecule has 2 aromatic rings. The number of nitrogens with zero attached hydrogens (tertiary/aromatic N) is 1. The summed E-state index contributed by atoms with van der Waals surface area (Å²) in [6.07, 6.45) is 0.788. The van der Waals surface area contributed by atoms with Gasteiger partial charge >= 0.3 is 0 Å². The molecule has 6 heteroatoms. The fraction of sp³-hybridized carbons (Fsp3) is 0.368. The van der Waals surface area contributed by atoms with E-state index in [0.717, 1.165) is 16.9 Å². The normalized spacial score (nSPS) is 13.7. The molecule has 0 bridgehead atoms. The van der Waals surface area contributed by atoms with Crippen LogP contribution in [0.3, 0.4) is 0 Å². The Bertz CT molecular complexity index is 783. The highest BCUT2D eigenvalue weighted by Gasteiger charge is 2.25. The summed E-state index contributed by atoms with van der Waals surface area (Å²) in [5.74, 6) is 0.397. The number of thiophene rings is 1. The SMILES string of the molecule is CC(C)CNC(=O)c1cc2c(s1)CCN(C(=O)c1ccc(Cl)cc1)C2. The van der Waals surface area contributed by atoms with E-state index in [-0.39, 0.29) is 11.8 Å². The van der Waals surface area contributed by atoms with Gasteiger partial charge in [-0.1, -0.05) is 25.4 Å². The van der Waals surface area contributed by atoms with Crippen LogP contribution >= 0.6 is 22.9 Å². The largest absolute Gasteiger partial charge is 0.351 e. The van der Waals surface area contributed by atoms with Gasteiger partial charge in [-0.25, -0.2) is 0 Å². The van der Waals surface area contributed by atoms with Crippen LogP contribution in [-0.2, 0) is 13.0 Å². The van der Waals surface area contributed by atoms with E-state index in [1.54, 1.807) is 24.3 Å². The molecule has 0 fully saturated rings. The van der Waals surface area contributed by atoms with Gasteiger partial charge in [0.2, 0.25) is 0 Å². The maximum absolute atomic E-state index is 12.6. The molecule has 0 saturated carbocycles. The summed E-state index contributed by atoms with van der Waals surface area (Å²) in [6, 6.07) is 8.88. The number of hydrogen-bond donors (Lipinski definition) is 1. The van der Waals surface area contributed by atoms with E-state index in [0.29, 0.717) is 36.1 Å². The second kappa shape index (κ2) is 7.58. The van der Waals surface area contributed by atoms with Gasteiger partial charge < -0.3 is 10.2 Å². The minimum atomic E-state index is -0.0244. The Labute approximate surface area is 156 Å². The number of carbonyl (C=O) groups is 2. The Morgan fingerprint density at radius 1 is 1.28 bits per heavy atom. The molecule has 1 aliphatic rings. The summed E-state index contributed by atoms with van der Waals surface area (Å²) < 4.78 is 0. The van der Waals surface area contributed by atoms with Crippen LogP contribution < -0.4 is 5.32 Å². The molecule has 0 unspecified atom stereocenters. The predicted octanol–water partition coefficient (Wildman–Crippen LogP) is 3.99. The van der Waals surface area contributed by atoms with Crippen LogP contribution in [0.15, 0.2) is 30.3 Å². The molecule has 2 amide bonds. The van der Waals surface area contributed by atoms with Crippen molar-refractivity contribution in [3.05, 3.63) is 56.2 Å². The van der Waals surface area contributed by atoms with Gasteiger partial charge in [0.15, 0.2) is 0 Å². The van der Waals surface area contributed by atoms with E-state index in [2.05, 4.69) is 19.2 Å². The third-order valence-electron chi connectivity index (χ3n) is 4.14. The Hall–Kier alpha value is -1.85. The molecule has 1 aromatic carbocycles. The van der Waals surface area contributed by atoms with Crippen LogP contribution in [-0.4, -0.2) is 29.8 Å². The summed E-state index contributed by atoms with van der Waals surface area (Å²) in [5, 5.41) is 3.57. The number of rotatable bonds is 4. The number of halogens is 1. The van der Waals surface area contributed by atoms with Gasteiger partial charge in [0, 0.05) is 35.1 Å². The summed E-state index contributed by atoms with van der Waals surface area (Å²) in [4.78, 5) is 28.6. The lowest BCUT2D eigenvalue weighted by molar-refractivity contribution is 0.0736. The maximum Gasteiger partial charge on any atom is 0.261 e. The molecule has 3 rings (SSSR count). The number of amides is 2. The molecular weight excluding hydrogens is 356 g/mol. The van der Waals surface area contributed by atoms with Gasteiger partial charge in [-0.3, -0.25) is 9.59 Å². The van der Waals surface area contributed by atoms with Crippen LogP contribution in [0.25, 0.3) is 0 Å². The fourth-order valence-corrected chi connectivity index (χ4v) is 3.98. The molecule has 1 aliphatic heterocycles. The first-order chi connectivity index (χ1) is 11.9. The molecule has 4 nitrogen and oxygen atoms in total. The van der Waals surface area contributed by atoms with Crippen LogP contribution in [0.5, 0.6) is 0 Å². The smallest absolute Gasteiger partial charge is 0.261 e. The van der Waals surface area contributed by atoms with E-state index >= 15 is 0 Å². The molecular formula is C19H21ClN2O2S. The quantitative estimate of drug-likeness (QED) is 0.877. The van der Waals surface area contributed by atoms with Crippen molar-refractivity contribution in [1.82, 2.24) is 10.2 Å². The van der Waals surface area contributed by atoms with E-state index in [4.69, 9.17) is 11.6 Å². The number of carbonyl (C=O) groups excluding carboxylic acids is 2. The average Bonchev–Trinajstić information content (AvgIpc) is 3.03. The first-order valence-electron chi connectivity index (χ1n) is 8.38. The Morgan fingerprint density at radius 2 is 2.00 bits per heavy atom. The number of fused-ring (bicyclic) bond motifs is 1. The van der Waals surface area contributed by atoms with Gasteiger partial charge in [0.25, 0.3) is 11.8 Å². The van der Waals surface area contributed by atoms with Gasteiger partial charge in [0.1, 0.15) is 0 Å². The minimum Gasteiger partial charge on any atom is -0.351 e. The van der Waals surface area contributed by atoms with Crippen molar-refractivity contribution in [2.24, 2.45) is 5.92 Å². The van der Waals surface area contributed by atoms with Crippen molar-refractivity contribution < 1.29 is 9.59 Å². The summed E-state index contributed by atoms with van der Waals surface area (Å²) in [5.41, 5.74) is 1.71. The molecule has 0 atom stereocenters. The molecule has 2 heterocycles. The second-order valence-corrected chi connectivity index (χ2v) is 8.22. The van der Waals surface area contributed by atoms with Crippen molar-refractivity contribution in [3.63, 3.8) is 0 Å². The lowest BCUT2D eigenvalue weighted by Crippen LogP contribution is -2.35. The highest BCUT2D eigenvalue weighted by molar-refractivity contribution is 7.14. The minimum absolute atomic E-state index is 0.000624. The van der Waals surface area contributed by atoms with Crippen molar-refractivity contribution in [3.8, 4) is 0 Å². The molecule has 0 saturated heterocycles. The first-order valence-corrected chi connectivity index (χ1v) is 9.58. The van der Waals surface area contributed by atoms with E-state index in [1.165, 1.54) is 16.2 Å². The Kier molecular flexibility index (Phi) is 5.45. The number of nitrogens with one attached hydrogen (secondary N) is 1. The zero-order chi connectivity index (χ0) is 18.0. The lowest BCUT2D eigenvalue weighted by Gasteiger charge is -2.27. The first kappa shape index (κ1) is 18.0. The van der Waals surface area contributed by atoms with E-state index in [1.807, 2.05) is 11.0 Å². The molecule has 0 spiro atoms. The molecule has 0 aliphatic carbocycles. The van der Waals surface area contributed by atoms with E-state index < -0.39 is 0 Å². The van der Waals surface area contributed by atoms with Crippen molar-refractivity contribution in [1.29, 1.82) is 0 Å². The number of hydrogen-bond acceptors (Lipinski definition) is 3. The van der Waals surface area contributed by atoms with Gasteiger partial charge in [-0.2, -0.15) is 0 Å². The summed E-state index contributed by atoms with van der Waals surface area (Å²) in [7, 11) is 0. The molecule has 1 N–H and O–H groups in total. The topological polar surface area (TPSA) is 49.4 Å². The zero-order valence-electron chi connectivity index (χ0n) is 14.3. The Morgan fingerprint density at radius 3 is 2.68 bits per heavy atom. The molecule has 132 valence electrons. The van der Waals surface area contributed by atoms with Crippen LogP contribution in [0.2, 0.25) is 5.02 Å². The predicted molar refractivity (Wildman–Crippen MR) is 101 cm³/mol. The fourth-order valence-electron chi connectivity index (χ4n) is 2.78. The van der Waals surface area contributed by atoms with Crippen LogP contribution in [0, 0.1) is 5.92 Å². The van der Waals surface area contributed by atoms with Crippen LogP contribution in [0.4, 0.5) is 0 Å². The summed E-state index contributed by atoms with van der Waals surface area (Å²) >= 11 is 7.42. The maximum atomic E-state index is 12.6. The highest BCUT2D eigenvalue weighted by Crippen LogP contribution is 2.29. The van der Waals surface area contributed by atoms with Gasteiger partial charge in [-0.05, 0) is 48.2 Å². The molecule has 25 heavy (non-hydrogen) atoms. The Balaban J connectivity index is 1.70. The van der Waals surface area contributed by atoms with Crippen molar-refractivity contribution >= 4 is 34.8 Å². The van der Waals surface area contributed by atoms with Crippen molar-refractivity contribution in [2.45, 2.75) is 26.8 Å². The highest BCUT2D eigenvalue weighted by atomic mass is 35.5. The molecule has 0 radical (unpaired) electrons. The monoisotopic (exact) mass is 376 g/mol. The standard InChI is InChI=1S/C19H21ClN2O2S/c1-12(2)10-21-18(23)17-9-14-11-22(8-7-16(14)25-17)19(24)13-3-5-15(20)6-4-13/h3-6,9,12H,7-8,10-11H2,1-2H3,(H,21,23). The van der Waals surface area contributed by atoms with Gasteiger partial charge in [-0.15, -0.1) is 11.3 Å². The second-order valence-electron chi connectivity index (χ2n) is 6.65. The van der Waals surface area contributed by atoms with Crippen molar-refractivity contribution in [2.75, 3.05) is 13.1 Å². The third kappa shape index (κ3) is 4.22. The summed E-state index contributed by atoms with van der Waals surface area (Å²) in [6.45, 7) is 6.02. The van der Waals surface area contributed by atoms with Gasteiger partial charge in [0.05, 0.1) is 4.88 Å². The van der Waals surface area contributed by atoms with Crippen LogP contribution in [0.1, 0.15) is 44.3 Å². The third-order valence-corrected chi connectivity index (χ3v) is 5.63. The zero-order valence-corrected chi connectivity index (χ0v) is 15.9.